The number of hydrogen-bond acceptors (Lipinski definition) is 4. The molecule has 0 saturated heterocycles. The number of hydrogen-bond donors (Lipinski definition) is 1. The topological polar surface area (TPSA) is 86.8 Å². The van der Waals surface area contributed by atoms with Crippen molar-refractivity contribution in [3.63, 3.8) is 0 Å². The highest BCUT2D eigenvalue weighted by atomic mass is 79.9. The third-order valence-electron chi connectivity index (χ3n) is 6.88. The minimum absolute atomic E-state index is 0.0293. The first-order chi connectivity index (χ1) is 21.1. The third-order valence-corrected chi connectivity index (χ3v) is 9.75. The van der Waals surface area contributed by atoms with E-state index in [1.807, 2.05) is 37.3 Å². The average Bonchev–Trinajstić information content (AvgIpc) is 3.02. The van der Waals surface area contributed by atoms with E-state index >= 15 is 0 Å². The number of carbonyl (C=O) groups is 2. The summed E-state index contributed by atoms with van der Waals surface area (Å²) in [6.07, 6.45) is 0.905. The van der Waals surface area contributed by atoms with Gasteiger partial charge in [0.15, 0.2) is 0 Å². The van der Waals surface area contributed by atoms with E-state index in [-0.39, 0.29) is 29.5 Å². The molecular weight excluding hydrogens is 685 g/mol. The molecule has 4 rings (SSSR count). The molecule has 11 heteroatoms. The van der Waals surface area contributed by atoms with Crippen LogP contribution in [0.3, 0.4) is 0 Å². The molecule has 0 bridgehead atoms. The molecule has 0 radical (unpaired) electrons. The molecule has 0 aromatic heterocycles. The third kappa shape index (κ3) is 8.63. The Morgan fingerprint density at radius 2 is 1.57 bits per heavy atom. The highest BCUT2D eigenvalue weighted by Gasteiger charge is 2.34. The molecule has 2 amide bonds. The average molecular weight is 718 g/mol. The lowest BCUT2D eigenvalue weighted by molar-refractivity contribution is -0.140. The Morgan fingerprint density at radius 3 is 2.20 bits per heavy atom. The predicted octanol–water partition coefficient (Wildman–Crippen LogP) is 7.12. The van der Waals surface area contributed by atoms with Crippen molar-refractivity contribution in [1.82, 2.24) is 10.2 Å². The summed E-state index contributed by atoms with van der Waals surface area (Å²) in [7, 11) is -4.18. The number of anilines is 1. The van der Waals surface area contributed by atoms with E-state index < -0.39 is 28.5 Å². The SMILES string of the molecule is CCCNC(=O)[C@@H](Cc1ccccc1)N(Cc1ccc(Cl)cc1Cl)C(=O)CN(c1cccc(Br)c1)S(=O)(=O)c1ccccc1. The van der Waals surface area contributed by atoms with Crippen molar-refractivity contribution in [2.45, 2.75) is 37.2 Å². The summed E-state index contributed by atoms with van der Waals surface area (Å²) < 4.78 is 29.7. The molecule has 4 aromatic rings. The zero-order valence-corrected chi connectivity index (χ0v) is 27.9. The Morgan fingerprint density at radius 1 is 0.886 bits per heavy atom. The van der Waals surface area contributed by atoms with Gasteiger partial charge in [-0.3, -0.25) is 13.9 Å². The molecule has 7 nitrogen and oxygen atoms in total. The smallest absolute Gasteiger partial charge is 0.264 e. The van der Waals surface area contributed by atoms with Crippen molar-refractivity contribution in [2.75, 3.05) is 17.4 Å². The quantitative estimate of drug-likeness (QED) is 0.160. The fourth-order valence-electron chi connectivity index (χ4n) is 4.63. The summed E-state index contributed by atoms with van der Waals surface area (Å²) in [5, 5.41) is 3.67. The maximum Gasteiger partial charge on any atom is 0.264 e. The Balaban J connectivity index is 1.81. The van der Waals surface area contributed by atoms with E-state index in [9.17, 15) is 18.0 Å². The molecule has 44 heavy (non-hydrogen) atoms. The molecule has 0 saturated carbocycles. The van der Waals surface area contributed by atoms with Gasteiger partial charge in [0.05, 0.1) is 10.6 Å². The minimum atomic E-state index is -4.18. The molecule has 0 aliphatic rings. The van der Waals surface area contributed by atoms with Gasteiger partial charge in [-0.15, -0.1) is 0 Å². The maximum absolute atomic E-state index is 14.4. The predicted molar refractivity (Wildman–Crippen MR) is 179 cm³/mol. The number of halogens is 3. The van der Waals surface area contributed by atoms with Gasteiger partial charge in [0, 0.05) is 34.0 Å². The van der Waals surface area contributed by atoms with Crippen LogP contribution in [-0.2, 0) is 32.6 Å². The van der Waals surface area contributed by atoms with Crippen LogP contribution in [0.1, 0.15) is 24.5 Å². The van der Waals surface area contributed by atoms with Crippen LogP contribution in [0.25, 0.3) is 0 Å². The first-order valence-corrected chi connectivity index (χ1v) is 17.0. The summed E-state index contributed by atoms with van der Waals surface area (Å²) in [5.41, 5.74) is 1.69. The maximum atomic E-state index is 14.4. The van der Waals surface area contributed by atoms with Crippen molar-refractivity contribution in [1.29, 1.82) is 0 Å². The van der Waals surface area contributed by atoms with Crippen molar-refractivity contribution in [3.05, 3.63) is 129 Å². The van der Waals surface area contributed by atoms with Gasteiger partial charge in [0.1, 0.15) is 12.6 Å². The van der Waals surface area contributed by atoms with Gasteiger partial charge in [-0.1, -0.05) is 107 Å². The highest BCUT2D eigenvalue weighted by Crippen LogP contribution is 2.28. The zero-order chi connectivity index (χ0) is 31.7. The van der Waals surface area contributed by atoms with E-state index in [0.29, 0.717) is 33.0 Å². The van der Waals surface area contributed by atoms with Gasteiger partial charge in [-0.2, -0.15) is 0 Å². The Bertz CT molecular complexity index is 1690. The largest absolute Gasteiger partial charge is 0.354 e. The first-order valence-electron chi connectivity index (χ1n) is 14.0. The minimum Gasteiger partial charge on any atom is -0.354 e. The lowest BCUT2D eigenvalue weighted by atomic mass is 10.0. The molecule has 1 atom stereocenters. The van der Waals surface area contributed by atoms with Crippen molar-refractivity contribution >= 4 is 66.7 Å². The molecule has 1 N–H and O–H groups in total. The van der Waals surface area contributed by atoms with Crippen molar-refractivity contribution < 1.29 is 18.0 Å². The summed E-state index contributed by atoms with van der Waals surface area (Å²) in [6.45, 7) is 1.74. The normalized spacial score (nSPS) is 11.9. The molecule has 230 valence electrons. The number of sulfonamides is 1. The van der Waals surface area contributed by atoms with Crippen molar-refractivity contribution in [3.8, 4) is 0 Å². The van der Waals surface area contributed by atoms with Gasteiger partial charge in [-0.05, 0) is 60.0 Å². The van der Waals surface area contributed by atoms with E-state index in [4.69, 9.17) is 23.2 Å². The van der Waals surface area contributed by atoms with Gasteiger partial charge in [0.2, 0.25) is 11.8 Å². The summed E-state index contributed by atoms with van der Waals surface area (Å²) in [4.78, 5) is 29.6. The second-order valence-electron chi connectivity index (χ2n) is 10.1. The van der Waals surface area contributed by atoms with Crippen LogP contribution in [0.5, 0.6) is 0 Å². The number of rotatable bonds is 13. The highest BCUT2D eigenvalue weighted by molar-refractivity contribution is 9.10. The van der Waals surface area contributed by atoms with Crippen LogP contribution >= 0.6 is 39.1 Å². The van der Waals surface area contributed by atoms with Gasteiger partial charge in [-0.25, -0.2) is 8.42 Å². The van der Waals surface area contributed by atoms with E-state index in [1.54, 1.807) is 60.7 Å². The van der Waals surface area contributed by atoms with E-state index in [2.05, 4.69) is 21.2 Å². The molecule has 0 spiro atoms. The van der Waals surface area contributed by atoms with Crippen LogP contribution in [0.2, 0.25) is 10.0 Å². The number of carbonyl (C=O) groups excluding carboxylic acids is 2. The summed E-state index contributed by atoms with van der Waals surface area (Å²) in [6, 6.07) is 27.9. The molecule has 0 aliphatic heterocycles. The number of amides is 2. The standard InChI is InChI=1S/C33H32BrCl2N3O4S/c1-2-18-37-33(41)31(19-24-10-5-3-6-11-24)38(22-25-16-17-27(35)21-30(25)36)32(40)23-39(28-13-9-12-26(34)20-28)44(42,43)29-14-7-4-8-15-29/h3-17,20-21,31H,2,18-19,22-23H2,1H3,(H,37,41)/t31-/m1/s1. The summed E-state index contributed by atoms with van der Waals surface area (Å²) in [5.74, 6) is -0.933. The monoisotopic (exact) mass is 715 g/mol. The molecular formula is C33H32BrCl2N3O4S. The number of nitrogens with one attached hydrogen (secondary N) is 1. The van der Waals surface area contributed by atoms with E-state index in [0.717, 1.165) is 9.87 Å². The summed E-state index contributed by atoms with van der Waals surface area (Å²) >= 11 is 16.1. The van der Waals surface area contributed by atoms with Crippen LogP contribution in [-0.4, -0.2) is 44.3 Å². The van der Waals surface area contributed by atoms with Crippen LogP contribution in [0, 0.1) is 0 Å². The second kappa shape index (κ2) is 15.6. The van der Waals surface area contributed by atoms with Crippen LogP contribution in [0.4, 0.5) is 5.69 Å². The Labute approximate surface area is 277 Å². The van der Waals surface area contributed by atoms with Crippen molar-refractivity contribution in [2.24, 2.45) is 0 Å². The van der Waals surface area contributed by atoms with Gasteiger partial charge in [0.25, 0.3) is 10.0 Å². The van der Waals surface area contributed by atoms with Crippen LogP contribution in [0.15, 0.2) is 112 Å². The van der Waals surface area contributed by atoms with E-state index in [1.165, 1.54) is 17.0 Å². The van der Waals surface area contributed by atoms with Gasteiger partial charge < -0.3 is 10.2 Å². The second-order valence-corrected chi connectivity index (χ2v) is 13.7. The fourth-order valence-corrected chi connectivity index (χ4v) is 6.92. The van der Waals surface area contributed by atoms with Gasteiger partial charge >= 0.3 is 0 Å². The molecule has 0 unspecified atom stereocenters. The Hall–Kier alpha value is -3.37. The zero-order valence-electron chi connectivity index (χ0n) is 24.0. The molecule has 4 aromatic carbocycles. The number of benzene rings is 4. The number of nitrogens with zero attached hydrogens (tertiary/aromatic N) is 2. The van der Waals surface area contributed by atoms with Crippen LogP contribution < -0.4 is 9.62 Å². The molecule has 0 fully saturated rings. The molecule has 0 aliphatic carbocycles. The Kier molecular flexibility index (Phi) is 11.9. The lowest BCUT2D eigenvalue weighted by Crippen LogP contribution is -2.53. The molecule has 0 heterocycles. The fraction of sp³-hybridized carbons (Fsp3) is 0.212. The first kappa shape index (κ1) is 33.5. The lowest BCUT2D eigenvalue weighted by Gasteiger charge is -2.34.